The van der Waals surface area contributed by atoms with Gasteiger partial charge < -0.3 is 0 Å². The summed E-state index contributed by atoms with van der Waals surface area (Å²) < 4.78 is -1.22. The summed E-state index contributed by atoms with van der Waals surface area (Å²) in [4.78, 5) is 0. The maximum Gasteiger partial charge on any atom is 0.194 e. The van der Waals surface area contributed by atoms with Gasteiger partial charge in [-0.05, 0) is 26.2 Å². The summed E-state index contributed by atoms with van der Waals surface area (Å²) in [6.45, 7) is 18.4. The van der Waals surface area contributed by atoms with E-state index in [2.05, 4.69) is 66.4 Å². The number of allylic oxidation sites excluding steroid dienone is 4. The highest BCUT2D eigenvalue weighted by Gasteiger charge is 2.46. The molecule has 4 heteroatoms. The summed E-state index contributed by atoms with van der Waals surface area (Å²) in [7, 11) is -1.51. The number of rotatable bonds is 6. The first-order valence-corrected chi connectivity index (χ1v) is 12.4. The topological polar surface area (TPSA) is 0 Å². The smallest absolute Gasteiger partial charge is 0.0911 e. The Balaban J connectivity index is 6.27. The Morgan fingerprint density at radius 3 is 1.86 bits per heavy atom. The van der Waals surface area contributed by atoms with Gasteiger partial charge in [0.2, 0.25) is 0 Å². The van der Waals surface area contributed by atoms with Crippen LogP contribution in [0.25, 0.3) is 0 Å². The predicted molar refractivity (Wildman–Crippen MR) is 104 cm³/mol. The van der Waals surface area contributed by atoms with Gasteiger partial charge in [0, 0.05) is 11.5 Å². The Kier molecular flexibility index (Phi) is 8.12. The van der Waals surface area contributed by atoms with E-state index in [1.165, 1.54) is 11.1 Å². The minimum atomic E-state index is -1.51. The second kappa shape index (κ2) is 7.90. The first kappa shape index (κ1) is 21.6. The minimum absolute atomic E-state index is 0.100. The third-order valence-electron chi connectivity index (χ3n) is 4.57. The quantitative estimate of drug-likeness (QED) is 0.254. The van der Waals surface area contributed by atoms with Crippen LogP contribution in [-0.2, 0) is 0 Å². The van der Waals surface area contributed by atoms with Crippen molar-refractivity contribution in [2.24, 2.45) is 5.92 Å². The molecule has 0 aromatic rings. The van der Waals surface area contributed by atoms with Crippen LogP contribution in [0.1, 0.15) is 47.5 Å². The van der Waals surface area contributed by atoms with Gasteiger partial charge in [-0.15, -0.1) is 0 Å². The van der Waals surface area contributed by atoms with Crippen LogP contribution in [0.15, 0.2) is 23.3 Å². The van der Waals surface area contributed by atoms with Gasteiger partial charge in [-0.2, -0.15) is 0 Å². The van der Waals surface area contributed by atoms with Crippen LogP contribution in [0.5, 0.6) is 0 Å². The van der Waals surface area contributed by atoms with E-state index in [4.69, 9.17) is 34.8 Å². The Labute approximate surface area is 147 Å². The fourth-order valence-corrected chi connectivity index (χ4v) is 7.93. The standard InChI is InChI=1S/C17H31Cl3Si/c1-9-11-16(13(3)4,21(6,7)8)14(5)15(10-2)12-17(18,19)20/h9,11,13H,10,12H2,1-8H3. The highest BCUT2D eigenvalue weighted by atomic mass is 35.6. The van der Waals surface area contributed by atoms with Crippen molar-refractivity contribution in [2.45, 2.75) is 75.9 Å². The van der Waals surface area contributed by atoms with Gasteiger partial charge in [-0.3, -0.25) is 0 Å². The van der Waals surface area contributed by atoms with Crippen LogP contribution in [0, 0.1) is 5.92 Å². The molecule has 0 N–H and O–H groups in total. The van der Waals surface area contributed by atoms with Crippen LogP contribution < -0.4 is 0 Å². The normalized spacial score (nSPS) is 18.1. The molecule has 0 aromatic carbocycles. The Morgan fingerprint density at radius 1 is 1.14 bits per heavy atom. The lowest BCUT2D eigenvalue weighted by Gasteiger charge is -2.47. The van der Waals surface area contributed by atoms with Gasteiger partial charge in [0.1, 0.15) is 0 Å². The molecule has 1 unspecified atom stereocenters. The molecule has 0 saturated carbocycles. The number of hydrogen-bond donors (Lipinski definition) is 0. The highest BCUT2D eigenvalue weighted by Crippen LogP contribution is 2.55. The zero-order valence-corrected chi connectivity index (χ0v) is 18.0. The molecule has 0 spiro atoms. The van der Waals surface area contributed by atoms with E-state index in [0.717, 1.165) is 6.42 Å². The molecular formula is C17H31Cl3Si. The summed E-state index contributed by atoms with van der Waals surface area (Å²) in [5.41, 5.74) is 2.69. The van der Waals surface area contributed by atoms with Gasteiger partial charge in [-0.25, -0.2) is 0 Å². The maximum absolute atomic E-state index is 6.06. The minimum Gasteiger partial charge on any atom is -0.0911 e. The molecule has 0 amide bonds. The molecule has 1 atom stereocenters. The van der Waals surface area contributed by atoms with Crippen molar-refractivity contribution < 1.29 is 0 Å². The average Bonchev–Trinajstić information content (AvgIpc) is 2.28. The number of halogens is 3. The molecule has 0 bridgehead atoms. The average molecular weight is 370 g/mol. The van der Waals surface area contributed by atoms with Crippen molar-refractivity contribution in [1.29, 1.82) is 0 Å². The van der Waals surface area contributed by atoms with Gasteiger partial charge in [0.25, 0.3) is 0 Å². The van der Waals surface area contributed by atoms with Gasteiger partial charge in [-0.1, -0.05) is 98.5 Å². The van der Waals surface area contributed by atoms with Crippen LogP contribution in [0.2, 0.25) is 24.7 Å². The second-order valence-electron chi connectivity index (χ2n) is 7.15. The van der Waals surface area contributed by atoms with E-state index >= 15 is 0 Å². The molecule has 0 nitrogen and oxygen atoms in total. The van der Waals surface area contributed by atoms with E-state index in [1.54, 1.807) is 0 Å². The lowest BCUT2D eigenvalue weighted by molar-refractivity contribution is 0.518. The molecular weight excluding hydrogens is 339 g/mol. The molecule has 0 heterocycles. The fraction of sp³-hybridized carbons (Fsp3) is 0.765. The Bertz CT molecular complexity index is 397. The molecule has 0 aliphatic heterocycles. The zero-order valence-electron chi connectivity index (χ0n) is 14.8. The first-order valence-electron chi connectivity index (χ1n) is 7.73. The van der Waals surface area contributed by atoms with Crippen molar-refractivity contribution in [1.82, 2.24) is 0 Å². The number of alkyl halides is 3. The summed E-state index contributed by atoms with van der Waals surface area (Å²) >= 11 is 18.2. The SMILES string of the molecule is CC=CC(C(C)=C(CC)CC(Cl)(Cl)Cl)(C(C)C)[Si](C)(C)C. The van der Waals surface area contributed by atoms with E-state index < -0.39 is 11.9 Å². The highest BCUT2D eigenvalue weighted by molar-refractivity contribution is 6.80. The molecule has 0 saturated heterocycles. The molecule has 0 aliphatic carbocycles. The van der Waals surface area contributed by atoms with Crippen molar-refractivity contribution in [3.05, 3.63) is 23.3 Å². The summed E-state index contributed by atoms with van der Waals surface area (Å²) in [6, 6.07) is 0. The van der Waals surface area contributed by atoms with Crippen LogP contribution >= 0.6 is 34.8 Å². The summed E-state index contributed by atoms with van der Waals surface area (Å²) in [5, 5.41) is 0.100. The van der Waals surface area contributed by atoms with E-state index in [1.807, 2.05) is 0 Å². The molecule has 0 rings (SSSR count). The van der Waals surface area contributed by atoms with Crippen molar-refractivity contribution in [3.63, 3.8) is 0 Å². The van der Waals surface area contributed by atoms with Crippen molar-refractivity contribution in [3.8, 4) is 0 Å². The summed E-state index contributed by atoms with van der Waals surface area (Å²) in [5.74, 6) is 0.525. The molecule has 0 fully saturated rings. The second-order valence-corrected chi connectivity index (χ2v) is 15.0. The molecule has 21 heavy (non-hydrogen) atoms. The van der Waals surface area contributed by atoms with Gasteiger partial charge >= 0.3 is 0 Å². The first-order chi connectivity index (χ1) is 9.33. The Hall–Kier alpha value is 0.567. The lowest BCUT2D eigenvalue weighted by Crippen LogP contribution is -2.43. The van der Waals surface area contributed by atoms with Crippen LogP contribution in [0.3, 0.4) is 0 Å². The third-order valence-corrected chi connectivity index (χ3v) is 8.57. The number of hydrogen-bond acceptors (Lipinski definition) is 0. The zero-order chi connectivity index (χ0) is 17.1. The third kappa shape index (κ3) is 5.30. The van der Waals surface area contributed by atoms with E-state index in [-0.39, 0.29) is 5.04 Å². The monoisotopic (exact) mass is 368 g/mol. The summed E-state index contributed by atoms with van der Waals surface area (Å²) in [6.07, 6.45) is 6.02. The van der Waals surface area contributed by atoms with Crippen molar-refractivity contribution in [2.75, 3.05) is 0 Å². The van der Waals surface area contributed by atoms with Crippen LogP contribution in [0.4, 0.5) is 0 Å². The van der Waals surface area contributed by atoms with Gasteiger partial charge in [0.05, 0.1) is 8.07 Å². The van der Waals surface area contributed by atoms with Gasteiger partial charge in [0.15, 0.2) is 3.79 Å². The van der Waals surface area contributed by atoms with E-state index in [9.17, 15) is 0 Å². The predicted octanol–water partition coefficient (Wildman–Crippen LogP) is 7.78. The molecule has 0 aliphatic rings. The van der Waals surface area contributed by atoms with Crippen LogP contribution in [-0.4, -0.2) is 11.9 Å². The fourth-order valence-electron chi connectivity index (χ4n) is 3.75. The van der Waals surface area contributed by atoms with E-state index in [0.29, 0.717) is 12.3 Å². The molecule has 0 aromatic heterocycles. The largest absolute Gasteiger partial charge is 0.194 e. The van der Waals surface area contributed by atoms with Crippen molar-refractivity contribution >= 4 is 42.9 Å². The Morgan fingerprint density at radius 2 is 1.62 bits per heavy atom. The molecule has 124 valence electrons. The lowest BCUT2D eigenvalue weighted by atomic mass is 9.83. The maximum atomic E-state index is 6.06. The molecule has 0 radical (unpaired) electrons.